The van der Waals surface area contributed by atoms with Crippen LogP contribution in [0.3, 0.4) is 0 Å². The molecule has 1 aliphatic heterocycles. The molecule has 0 radical (unpaired) electrons. The molecule has 6 rings (SSSR count). The van der Waals surface area contributed by atoms with Crippen molar-refractivity contribution >= 4 is 41.6 Å². The van der Waals surface area contributed by atoms with Crippen molar-refractivity contribution in [3.8, 4) is 11.6 Å². The fraction of sp³-hybridized carbons (Fsp3) is 0.371. The zero-order valence-electron chi connectivity index (χ0n) is 28.1. The summed E-state index contributed by atoms with van der Waals surface area (Å²) >= 11 is 0. The Morgan fingerprint density at radius 3 is 2.57 bits per heavy atom. The Bertz CT molecular complexity index is 1980. The van der Waals surface area contributed by atoms with Gasteiger partial charge in [-0.05, 0) is 28.9 Å². The first-order valence-electron chi connectivity index (χ1n) is 16.0. The first-order valence-corrected chi connectivity index (χ1v) is 17.6. The van der Waals surface area contributed by atoms with Crippen LogP contribution in [0.25, 0.3) is 21.9 Å². The van der Waals surface area contributed by atoms with E-state index in [1.807, 2.05) is 64.1 Å². The van der Waals surface area contributed by atoms with E-state index in [-0.39, 0.29) is 36.4 Å². The minimum atomic E-state index is -4.30. The van der Waals surface area contributed by atoms with Crippen molar-refractivity contribution in [3.05, 3.63) is 84.7 Å². The molecule has 3 unspecified atom stereocenters. The fourth-order valence-corrected chi connectivity index (χ4v) is 7.25. The molecule has 3 heterocycles. The van der Waals surface area contributed by atoms with Gasteiger partial charge in [-0.15, -0.1) is 0 Å². The summed E-state index contributed by atoms with van der Waals surface area (Å²) in [7, 11) is -2.81. The van der Waals surface area contributed by atoms with Gasteiger partial charge in [0.15, 0.2) is 11.2 Å². The number of anilines is 1. The van der Waals surface area contributed by atoms with Gasteiger partial charge < -0.3 is 24.5 Å². The van der Waals surface area contributed by atoms with E-state index in [1.165, 1.54) is 7.11 Å². The number of benzene rings is 3. The summed E-state index contributed by atoms with van der Waals surface area (Å²) in [5.74, 6) is 0.0185. The lowest BCUT2D eigenvalue weighted by atomic mass is 9.98. The van der Waals surface area contributed by atoms with Crippen LogP contribution in [0.4, 0.5) is 5.95 Å². The molecular formula is C35H41N6O7P. The molecule has 5 aromatic rings. The molecule has 49 heavy (non-hydrogen) atoms. The number of nitrogens with zero attached hydrogens (tertiary/aromatic N) is 4. The number of nitrogens with two attached hydrogens (primary N) is 1. The van der Waals surface area contributed by atoms with Crippen LogP contribution in [-0.4, -0.2) is 51.9 Å². The maximum atomic E-state index is 14.9. The number of hydrogen-bond donors (Lipinski definition) is 2. The molecule has 3 aromatic carbocycles. The number of carbonyl (C=O) groups excluding carboxylic acids is 1. The second-order valence-corrected chi connectivity index (χ2v) is 15.0. The van der Waals surface area contributed by atoms with Gasteiger partial charge in [0, 0.05) is 11.3 Å². The van der Waals surface area contributed by atoms with E-state index in [4.69, 9.17) is 29.0 Å². The molecule has 1 saturated heterocycles. The SMILES string of the molecule is COc1nc(N)nc2c1ncn2C1O[C@H](COP(=O)(N[C@H](C(=O)OCC(C)(C)C)c2ccccc2)Oc2cccc3ccccc23)CC1C. The summed E-state index contributed by atoms with van der Waals surface area (Å²) in [5, 5.41) is 4.56. The van der Waals surface area contributed by atoms with Crippen molar-refractivity contribution in [2.75, 3.05) is 26.1 Å². The van der Waals surface area contributed by atoms with E-state index in [9.17, 15) is 9.36 Å². The number of nitrogen functional groups attached to an aromatic ring is 1. The van der Waals surface area contributed by atoms with Crippen LogP contribution in [0.2, 0.25) is 0 Å². The summed E-state index contributed by atoms with van der Waals surface area (Å²) in [4.78, 5) is 26.5. The molecule has 1 fully saturated rings. The molecular weight excluding hydrogens is 647 g/mol. The topological polar surface area (TPSA) is 162 Å². The van der Waals surface area contributed by atoms with Crippen LogP contribution in [0, 0.1) is 11.3 Å². The predicted octanol–water partition coefficient (Wildman–Crippen LogP) is 6.62. The minimum absolute atomic E-state index is 0.0102. The number of ether oxygens (including phenoxy) is 3. The van der Waals surface area contributed by atoms with Crippen LogP contribution < -0.4 is 20.1 Å². The molecule has 2 aromatic heterocycles. The largest absolute Gasteiger partial charge is 0.479 e. The number of nitrogens with one attached hydrogen (secondary N) is 1. The maximum Gasteiger partial charge on any atom is 0.459 e. The number of rotatable bonds is 12. The quantitative estimate of drug-likeness (QED) is 0.107. The molecule has 14 heteroatoms. The zero-order valence-corrected chi connectivity index (χ0v) is 29.0. The van der Waals surface area contributed by atoms with E-state index in [1.54, 1.807) is 47.3 Å². The van der Waals surface area contributed by atoms with Gasteiger partial charge in [-0.3, -0.25) is 9.09 Å². The van der Waals surface area contributed by atoms with E-state index in [0.717, 1.165) is 10.8 Å². The van der Waals surface area contributed by atoms with Crippen LogP contribution >= 0.6 is 7.75 Å². The lowest BCUT2D eigenvalue weighted by molar-refractivity contribution is -0.148. The van der Waals surface area contributed by atoms with Crippen molar-refractivity contribution in [1.82, 2.24) is 24.6 Å². The highest BCUT2D eigenvalue weighted by molar-refractivity contribution is 7.52. The molecule has 258 valence electrons. The van der Waals surface area contributed by atoms with Crippen molar-refractivity contribution < 1.29 is 32.6 Å². The number of carbonyl (C=O) groups is 1. The van der Waals surface area contributed by atoms with Crippen LogP contribution in [0.1, 0.15) is 51.9 Å². The number of aromatic nitrogens is 4. The fourth-order valence-electron chi connectivity index (χ4n) is 5.71. The maximum absolute atomic E-state index is 14.9. The second-order valence-electron chi connectivity index (χ2n) is 13.3. The van der Waals surface area contributed by atoms with Gasteiger partial charge in [0.05, 0.1) is 32.8 Å². The van der Waals surface area contributed by atoms with E-state index in [2.05, 4.69) is 20.0 Å². The van der Waals surface area contributed by atoms with Gasteiger partial charge in [-0.2, -0.15) is 15.1 Å². The van der Waals surface area contributed by atoms with Crippen molar-refractivity contribution in [2.45, 2.75) is 52.5 Å². The van der Waals surface area contributed by atoms with Gasteiger partial charge in [-0.25, -0.2) is 14.3 Å². The second kappa shape index (κ2) is 14.1. The Hall–Kier alpha value is -4.55. The average molecular weight is 689 g/mol. The summed E-state index contributed by atoms with van der Waals surface area (Å²) in [5.41, 5.74) is 7.11. The predicted molar refractivity (Wildman–Crippen MR) is 185 cm³/mol. The minimum Gasteiger partial charge on any atom is -0.479 e. The Labute approximate surface area is 284 Å². The Balaban J connectivity index is 1.28. The highest BCUT2D eigenvalue weighted by Crippen LogP contribution is 2.49. The highest BCUT2D eigenvalue weighted by Gasteiger charge is 2.40. The number of imidazole rings is 1. The molecule has 0 bridgehead atoms. The van der Waals surface area contributed by atoms with Crippen molar-refractivity contribution in [2.24, 2.45) is 11.3 Å². The number of methoxy groups -OCH3 is 1. The van der Waals surface area contributed by atoms with E-state index < -0.39 is 32.1 Å². The number of hydrogen-bond acceptors (Lipinski definition) is 11. The molecule has 13 nitrogen and oxygen atoms in total. The summed E-state index contributed by atoms with van der Waals surface area (Å²) in [6.45, 7) is 7.96. The average Bonchev–Trinajstić information content (AvgIpc) is 3.67. The monoisotopic (exact) mass is 688 g/mol. The van der Waals surface area contributed by atoms with Gasteiger partial charge in [0.1, 0.15) is 18.0 Å². The van der Waals surface area contributed by atoms with Crippen LogP contribution in [0.15, 0.2) is 79.1 Å². The Kier molecular flexibility index (Phi) is 9.89. The van der Waals surface area contributed by atoms with Gasteiger partial charge in [0.2, 0.25) is 11.8 Å². The van der Waals surface area contributed by atoms with Crippen LogP contribution in [-0.2, 0) is 23.4 Å². The molecule has 3 N–H and O–H groups in total. The highest BCUT2D eigenvalue weighted by atomic mass is 31.2. The molecule has 0 aliphatic carbocycles. The van der Waals surface area contributed by atoms with Gasteiger partial charge in [0.25, 0.3) is 0 Å². The third-order valence-corrected chi connectivity index (χ3v) is 9.53. The van der Waals surface area contributed by atoms with Crippen LogP contribution in [0.5, 0.6) is 11.6 Å². The van der Waals surface area contributed by atoms with Crippen molar-refractivity contribution in [3.63, 3.8) is 0 Å². The molecule has 0 amide bonds. The summed E-state index contributed by atoms with van der Waals surface area (Å²) < 4.78 is 46.5. The van der Waals surface area contributed by atoms with E-state index >= 15 is 0 Å². The first-order chi connectivity index (χ1) is 23.4. The van der Waals surface area contributed by atoms with Gasteiger partial charge in [-0.1, -0.05) is 94.4 Å². The lowest BCUT2D eigenvalue weighted by Crippen LogP contribution is -2.33. The lowest BCUT2D eigenvalue weighted by Gasteiger charge is -2.27. The molecule has 0 saturated carbocycles. The summed E-state index contributed by atoms with van der Waals surface area (Å²) in [6, 6.07) is 20.8. The number of fused-ring (bicyclic) bond motifs is 2. The van der Waals surface area contributed by atoms with Crippen molar-refractivity contribution in [1.29, 1.82) is 0 Å². The third kappa shape index (κ3) is 7.86. The zero-order chi connectivity index (χ0) is 34.8. The molecule has 1 aliphatic rings. The normalized spacial score (nSPS) is 19.8. The smallest absolute Gasteiger partial charge is 0.459 e. The first kappa shape index (κ1) is 34.3. The Morgan fingerprint density at radius 1 is 1.08 bits per heavy atom. The number of esters is 1. The standard InChI is InChI=1S/C35H41N6O7P/c1-22-18-25(47-32(22)41-21-37-29-30(41)38-34(36)39-31(29)44-5)19-46-49(43,48-27-17-11-15-23-12-9-10-16-26(23)27)40-28(24-13-7-6-8-14-24)33(42)45-20-35(2,3)4/h6-17,21-22,25,28,32H,18-20H2,1-5H3,(H,40,43)(H2,36,38,39)/t22?,25-,28-,32?,49?/m0/s1. The third-order valence-electron chi connectivity index (χ3n) is 8.03. The molecule has 5 atom stereocenters. The summed E-state index contributed by atoms with van der Waals surface area (Å²) in [6.07, 6.45) is 1.20. The van der Waals surface area contributed by atoms with Gasteiger partial charge >= 0.3 is 13.7 Å². The van der Waals surface area contributed by atoms with E-state index in [0.29, 0.717) is 28.9 Å². The Morgan fingerprint density at radius 2 is 1.82 bits per heavy atom. The molecule has 0 spiro atoms.